The SMILES string of the molecule is O=C(CCn1ccc(=O)[nH]c1=O)NCc1cc(-c2ccc(F)cc2)on1. The predicted molar refractivity (Wildman–Crippen MR) is 89.7 cm³/mol. The van der Waals surface area contributed by atoms with E-state index in [4.69, 9.17) is 4.52 Å². The minimum Gasteiger partial charge on any atom is -0.356 e. The zero-order valence-corrected chi connectivity index (χ0v) is 13.6. The third kappa shape index (κ3) is 4.32. The number of aryl methyl sites for hydroxylation is 1. The van der Waals surface area contributed by atoms with Gasteiger partial charge in [-0.05, 0) is 24.3 Å². The van der Waals surface area contributed by atoms with E-state index in [0.29, 0.717) is 17.0 Å². The molecule has 0 unspecified atom stereocenters. The first-order valence-electron chi connectivity index (χ1n) is 7.79. The summed E-state index contributed by atoms with van der Waals surface area (Å²) in [5.74, 6) is -0.161. The molecule has 0 aliphatic carbocycles. The third-order valence-corrected chi connectivity index (χ3v) is 3.63. The monoisotopic (exact) mass is 358 g/mol. The van der Waals surface area contributed by atoms with Gasteiger partial charge in [-0.25, -0.2) is 9.18 Å². The van der Waals surface area contributed by atoms with Crippen LogP contribution in [0.15, 0.2) is 56.7 Å². The number of H-pyrrole nitrogens is 1. The Morgan fingerprint density at radius 2 is 2.00 bits per heavy atom. The zero-order chi connectivity index (χ0) is 18.5. The second kappa shape index (κ2) is 7.60. The molecule has 8 nitrogen and oxygen atoms in total. The van der Waals surface area contributed by atoms with Crippen LogP contribution in [0.25, 0.3) is 11.3 Å². The Bertz CT molecular complexity index is 1020. The topological polar surface area (TPSA) is 110 Å². The van der Waals surface area contributed by atoms with Crippen LogP contribution in [0.5, 0.6) is 0 Å². The molecule has 26 heavy (non-hydrogen) atoms. The van der Waals surface area contributed by atoms with Crippen molar-refractivity contribution in [1.82, 2.24) is 20.0 Å². The number of nitrogens with zero attached hydrogens (tertiary/aromatic N) is 2. The largest absolute Gasteiger partial charge is 0.356 e. The lowest BCUT2D eigenvalue weighted by atomic mass is 10.1. The zero-order valence-electron chi connectivity index (χ0n) is 13.6. The van der Waals surface area contributed by atoms with Crippen molar-refractivity contribution in [2.24, 2.45) is 0 Å². The molecule has 2 aromatic heterocycles. The van der Waals surface area contributed by atoms with Gasteiger partial charge in [-0.15, -0.1) is 0 Å². The first-order valence-corrected chi connectivity index (χ1v) is 7.79. The maximum Gasteiger partial charge on any atom is 0.328 e. The number of aromatic amines is 1. The second-order valence-corrected chi connectivity index (χ2v) is 5.52. The standard InChI is InChI=1S/C17H15FN4O4/c18-12-3-1-11(2-4-12)14-9-13(21-26-14)10-19-15(23)5-7-22-8-6-16(24)20-17(22)25/h1-4,6,8-9H,5,7,10H2,(H,19,23)(H,20,24,25). The quantitative estimate of drug-likeness (QED) is 0.684. The van der Waals surface area contributed by atoms with E-state index in [1.807, 2.05) is 0 Å². The molecule has 1 aromatic carbocycles. The van der Waals surface area contributed by atoms with Crippen LogP contribution >= 0.6 is 0 Å². The summed E-state index contributed by atoms with van der Waals surface area (Å²) in [6, 6.07) is 8.64. The Morgan fingerprint density at radius 3 is 2.73 bits per heavy atom. The van der Waals surface area contributed by atoms with Crippen LogP contribution in [0.1, 0.15) is 12.1 Å². The Balaban J connectivity index is 1.52. The van der Waals surface area contributed by atoms with Crippen LogP contribution in [0.4, 0.5) is 4.39 Å². The van der Waals surface area contributed by atoms with Gasteiger partial charge in [-0.3, -0.25) is 14.6 Å². The van der Waals surface area contributed by atoms with Crippen molar-refractivity contribution < 1.29 is 13.7 Å². The molecule has 0 radical (unpaired) electrons. The van der Waals surface area contributed by atoms with Gasteiger partial charge in [0.25, 0.3) is 5.56 Å². The molecule has 3 aromatic rings. The molecule has 0 bridgehead atoms. The van der Waals surface area contributed by atoms with Crippen LogP contribution in [0.2, 0.25) is 0 Å². The molecule has 134 valence electrons. The molecular weight excluding hydrogens is 343 g/mol. The average Bonchev–Trinajstić information content (AvgIpc) is 3.09. The molecule has 9 heteroatoms. The van der Waals surface area contributed by atoms with Crippen molar-refractivity contribution in [2.45, 2.75) is 19.5 Å². The van der Waals surface area contributed by atoms with E-state index in [9.17, 15) is 18.8 Å². The average molecular weight is 358 g/mol. The van der Waals surface area contributed by atoms with Gasteiger partial charge in [0.05, 0.1) is 6.54 Å². The van der Waals surface area contributed by atoms with Crippen molar-refractivity contribution in [3.8, 4) is 11.3 Å². The molecular formula is C17H15FN4O4. The number of benzene rings is 1. The Labute approximate surface area is 146 Å². The fourth-order valence-electron chi connectivity index (χ4n) is 2.27. The van der Waals surface area contributed by atoms with Crippen molar-refractivity contribution >= 4 is 5.91 Å². The normalized spacial score (nSPS) is 10.7. The van der Waals surface area contributed by atoms with Crippen LogP contribution in [0, 0.1) is 5.82 Å². The summed E-state index contributed by atoms with van der Waals surface area (Å²) in [5.41, 5.74) is 0.136. The highest BCUT2D eigenvalue weighted by Crippen LogP contribution is 2.20. The summed E-state index contributed by atoms with van der Waals surface area (Å²) >= 11 is 0. The number of hydrogen-bond donors (Lipinski definition) is 2. The molecule has 0 aliphatic heterocycles. The van der Waals surface area contributed by atoms with Crippen molar-refractivity contribution in [3.05, 3.63) is 74.9 Å². The minimum atomic E-state index is -0.564. The molecule has 2 N–H and O–H groups in total. The third-order valence-electron chi connectivity index (χ3n) is 3.63. The fourth-order valence-corrected chi connectivity index (χ4v) is 2.27. The molecule has 2 heterocycles. The molecule has 0 aliphatic rings. The lowest BCUT2D eigenvalue weighted by Crippen LogP contribution is -2.31. The molecule has 0 spiro atoms. The summed E-state index contributed by atoms with van der Waals surface area (Å²) in [7, 11) is 0. The highest BCUT2D eigenvalue weighted by atomic mass is 19.1. The van der Waals surface area contributed by atoms with E-state index in [1.54, 1.807) is 18.2 Å². The lowest BCUT2D eigenvalue weighted by Gasteiger charge is -2.05. The van der Waals surface area contributed by atoms with Gasteiger partial charge in [0, 0.05) is 36.9 Å². The Kier molecular flexibility index (Phi) is 5.07. The van der Waals surface area contributed by atoms with E-state index in [0.717, 1.165) is 0 Å². The van der Waals surface area contributed by atoms with Crippen LogP contribution in [-0.2, 0) is 17.9 Å². The molecule has 3 rings (SSSR count). The number of amides is 1. The fraction of sp³-hybridized carbons (Fsp3) is 0.176. The number of carbonyl (C=O) groups is 1. The van der Waals surface area contributed by atoms with Gasteiger partial charge in [-0.2, -0.15) is 0 Å². The maximum absolute atomic E-state index is 12.9. The van der Waals surface area contributed by atoms with Gasteiger partial charge in [0.15, 0.2) is 5.76 Å². The van der Waals surface area contributed by atoms with Crippen LogP contribution in [0.3, 0.4) is 0 Å². The molecule has 0 atom stereocenters. The number of aromatic nitrogens is 3. The Morgan fingerprint density at radius 1 is 1.23 bits per heavy atom. The minimum absolute atomic E-state index is 0.0641. The van der Waals surface area contributed by atoms with Crippen molar-refractivity contribution in [3.63, 3.8) is 0 Å². The number of halogens is 1. The van der Waals surface area contributed by atoms with Gasteiger partial charge in [0.1, 0.15) is 11.5 Å². The van der Waals surface area contributed by atoms with E-state index >= 15 is 0 Å². The van der Waals surface area contributed by atoms with Crippen LogP contribution in [-0.4, -0.2) is 20.6 Å². The molecule has 1 amide bonds. The van der Waals surface area contributed by atoms with Crippen molar-refractivity contribution in [2.75, 3.05) is 0 Å². The summed E-state index contributed by atoms with van der Waals surface area (Å²) in [4.78, 5) is 36.5. The molecule has 0 fully saturated rings. The Hall–Kier alpha value is -3.49. The highest BCUT2D eigenvalue weighted by Gasteiger charge is 2.09. The van der Waals surface area contributed by atoms with E-state index in [1.165, 1.54) is 29.0 Å². The smallest absolute Gasteiger partial charge is 0.328 e. The summed E-state index contributed by atoms with van der Waals surface area (Å²) in [5, 5.41) is 6.52. The van der Waals surface area contributed by atoms with Gasteiger partial charge < -0.3 is 14.4 Å². The summed E-state index contributed by atoms with van der Waals surface area (Å²) < 4.78 is 19.3. The number of hydrogen-bond acceptors (Lipinski definition) is 5. The maximum atomic E-state index is 12.9. The number of nitrogens with one attached hydrogen (secondary N) is 2. The summed E-state index contributed by atoms with van der Waals surface area (Å²) in [6.45, 7) is 0.297. The van der Waals surface area contributed by atoms with E-state index in [-0.39, 0.29) is 31.2 Å². The van der Waals surface area contributed by atoms with Crippen LogP contribution < -0.4 is 16.6 Å². The summed E-state index contributed by atoms with van der Waals surface area (Å²) in [6.07, 6.45) is 1.40. The van der Waals surface area contributed by atoms with Gasteiger partial charge in [-0.1, -0.05) is 5.16 Å². The molecule has 0 saturated carbocycles. The van der Waals surface area contributed by atoms with E-state index in [2.05, 4.69) is 15.5 Å². The van der Waals surface area contributed by atoms with Crippen molar-refractivity contribution in [1.29, 1.82) is 0 Å². The van der Waals surface area contributed by atoms with Gasteiger partial charge in [0.2, 0.25) is 5.91 Å². The second-order valence-electron chi connectivity index (χ2n) is 5.52. The van der Waals surface area contributed by atoms with Gasteiger partial charge >= 0.3 is 5.69 Å². The first kappa shape index (κ1) is 17.3. The predicted octanol–water partition coefficient (Wildman–Crippen LogP) is 1.04. The molecule has 0 saturated heterocycles. The van der Waals surface area contributed by atoms with E-state index < -0.39 is 11.2 Å². The highest BCUT2D eigenvalue weighted by molar-refractivity contribution is 5.75. The number of carbonyl (C=O) groups excluding carboxylic acids is 1. The first-order chi connectivity index (χ1) is 12.5. The lowest BCUT2D eigenvalue weighted by molar-refractivity contribution is -0.121. The number of rotatable bonds is 6.